The Kier molecular flexibility index (Phi) is 4.98. The van der Waals surface area contributed by atoms with Gasteiger partial charge in [0.15, 0.2) is 5.69 Å². The van der Waals surface area contributed by atoms with Crippen molar-refractivity contribution in [2.45, 2.75) is 0 Å². The van der Waals surface area contributed by atoms with E-state index in [1.54, 1.807) is 60.9 Å². The van der Waals surface area contributed by atoms with Gasteiger partial charge in [0.2, 0.25) is 5.95 Å². The van der Waals surface area contributed by atoms with Gasteiger partial charge in [-0.25, -0.2) is 15.0 Å². The number of benzene rings is 1. The number of nitrogens with one attached hydrogen (secondary N) is 2. The number of methoxy groups -OCH3 is 1. The molecule has 2 N–H and O–H groups in total. The summed E-state index contributed by atoms with van der Waals surface area (Å²) in [6.45, 7) is 0.913. The number of amides is 1. The molecule has 1 amide bonds. The zero-order chi connectivity index (χ0) is 19.3. The second-order valence-corrected chi connectivity index (χ2v) is 5.90. The molecular formula is C19H18N6O3. The molecule has 0 fully saturated rings. The van der Waals surface area contributed by atoms with E-state index >= 15 is 0 Å². The van der Waals surface area contributed by atoms with Crippen LogP contribution in [0.4, 0.5) is 5.69 Å². The average Bonchev–Trinajstić information content (AvgIpc) is 3.39. The van der Waals surface area contributed by atoms with Gasteiger partial charge in [-0.2, -0.15) is 0 Å². The highest BCUT2D eigenvalue weighted by molar-refractivity contribution is 6.10. The van der Waals surface area contributed by atoms with Gasteiger partial charge in [0.1, 0.15) is 18.7 Å². The molecule has 0 aliphatic carbocycles. The van der Waals surface area contributed by atoms with Crippen molar-refractivity contribution in [1.29, 1.82) is 0 Å². The van der Waals surface area contributed by atoms with Crippen molar-refractivity contribution in [1.82, 2.24) is 24.5 Å². The highest BCUT2D eigenvalue weighted by atomic mass is 16.5. The Morgan fingerprint density at radius 3 is 3.00 bits per heavy atom. The third-order valence-electron chi connectivity index (χ3n) is 3.99. The third kappa shape index (κ3) is 3.69. The molecule has 3 heterocycles. The molecule has 1 aromatic carbocycles. The van der Waals surface area contributed by atoms with Crippen molar-refractivity contribution in [2.24, 2.45) is 0 Å². The fourth-order valence-corrected chi connectivity index (χ4v) is 2.69. The topological polar surface area (TPSA) is 107 Å². The quantitative estimate of drug-likeness (QED) is 0.478. The SMILES string of the molecule is COCCOc1cccc(NC(=O)c2nc(-n3ccnc3)nc3cc[nH]c23)c1. The number of carbonyl (C=O) groups excluding carboxylic acids is 1. The molecule has 3 aromatic heterocycles. The number of aromatic amines is 1. The van der Waals surface area contributed by atoms with E-state index in [-0.39, 0.29) is 11.6 Å². The maximum Gasteiger partial charge on any atom is 0.276 e. The molecule has 0 radical (unpaired) electrons. The van der Waals surface area contributed by atoms with Crippen molar-refractivity contribution >= 4 is 22.6 Å². The third-order valence-corrected chi connectivity index (χ3v) is 3.99. The van der Waals surface area contributed by atoms with E-state index in [4.69, 9.17) is 9.47 Å². The number of nitrogens with zero attached hydrogens (tertiary/aromatic N) is 4. The maximum atomic E-state index is 12.9. The first-order valence-electron chi connectivity index (χ1n) is 8.61. The lowest BCUT2D eigenvalue weighted by atomic mass is 10.2. The number of aromatic nitrogens is 5. The van der Waals surface area contributed by atoms with Crippen molar-refractivity contribution in [3.8, 4) is 11.7 Å². The van der Waals surface area contributed by atoms with Gasteiger partial charge in [0.05, 0.1) is 17.6 Å². The van der Waals surface area contributed by atoms with E-state index in [0.29, 0.717) is 41.6 Å². The molecule has 0 unspecified atom stereocenters. The lowest BCUT2D eigenvalue weighted by molar-refractivity contribution is 0.102. The summed E-state index contributed by atoms with van der Waals surface area (Å²) in [7, 11) is 1.61. The maximum absolute atomic E-state index is 12.9. The fraction of sp³-hybridized carbons (Fsp3) is 0.158. The van der Waals surface area contributed by atoms with E-state index in [1.165, 1.54) is 0 Å². The van der Waals surface area contributed by atoms with Crippen LogP contribution in [0.3, 0.4) is 0 Å². The summed E-state index contributed by atoms with van der Waals surface area (Å²) >= 11 is 0. The molecule has 28 heavy (non-hydrogen) atoms. The molecule has 4 aromatic rings. The summed E-state index contributed by atoms with van der Waals surface area (Å²) in [4.78, 5) is 28.8. The Hall–Kier alpha value is -3.72. The predicted molar refractivity (Wildman–Crippen MR) is 103 cm³/mol. The van der Waals surface area contributed by atoms with E-state index in [9.17, 15) is 4.79 Å². The zero-order valence-corrected chi connectivity index (χ0v) is 15.1. The fourth-order valence-electron chi connectivity index (χ4n) is 2.69. The Morgan fingerprint density at radius 2 is 2.18 bits per heavy atom. The lowest BCUT2D eigenvalue weighted by Gasteiger charge is -2.10. The number of rotatable bonds is 7. The summed E-state index contributed by atoms with van der Waals surface area (Å²) in [6, 6.07) is 8.94. The number of ether oxygens (including phenoxy) is 2. The van der Waals surface area contributed by atoms with Crippen molar-refractivity contribution in [2.75, 3.05) is 25.6 Å². The number of imidazole rings is 1. The van der Waals surface area contributed by atoms with Crippen LogP contribution in [0.15, 0.2) is 55.2 Å². The van der Waals surface area contributed by atoms with Crippen molar-refractivity contribution < 1.29 is 14.3 Å². The lowest BCUT2D eigenvalue weighted by Crippen LogP contribution is -2.16. The van der Waals surface area contributed by atoms with Gasteiger partial charge in [-0.1, -0.05) is 6.07 Å². The Labute approximate surface area is 160 Å². The normalized spacial score (nSPS) is 10.9. The Bertz CT molecular complexity index is 1090. The van der Waals surface area contributed by atoms with E-state index in [2.05, 4.69) is 25.3 Å². The van der Waals surface area contributed by atoms with Crippen LogP contribution in [0.5, 0.6) is 5.75 Å². The van der Waals surface area contributed by atoms with Crippen LogP contribution in [-0.4, -0.2) is 50.7 Å². The van der Waals surface area contributed by atoms with Crippen LogP contribution in [0.2, 0.25) is 0 Å². The molecule has 9 nitrogen and oxygen atoms in total. The van der Waals surface area contributed by atoms with Crippen LogP contribution < -0.4 is 10.1 Å². The highest BCUT2D eigenvalue weighted by Crippen LogP contribution is 2.20. The number of hydrogen-bond acceptors (Lipinski definition) is 6. The molecule has 0 aliphatic heterocycles. The molecule has 142 valence electrons. The van der Waals surface area contributed by atoms with Gasteiger partial charge in [-0.3, -0.25) is 9.36 Å². The monoisotopic (exact) mass is 378 g/mol. The van der Waals surface area contributed by atoms with Crippen molar-refractivity contribution in [3.63, 3.8) is 0 Å². The Morgan fingerprint density at radius 1 is 1.25 bits per heavy atom. The predicted octanol–water partition coefficient (Wildman–Crippen LogP) is 2.42. The van der Waals surface area contributed by atoms with Gasteiger partial charge < -0.3 is 19.8 Å². The molecule has 0 bridgehead atoms. The van der Waals surface area contributed by atoms with E-state index < -0.39 is 0 Å². The van der Waals surface area contributed by atoms with Gasteiger partial charge in [-0.05, 0) is 18.2 Å². The molecule has 0 aliphatic rings. The van der Waals surface area contributed by atoms with E-state index in [0.717, 1.165) is 0 Å². The second kappa shape index (κ2) is 7.89. The zero-order valence-electron chi connectivity index (χ0n) is 15.1. The molecule has 0 atom stereocenters. The minimum Gasteiger partial charge on any atom is -0.491 e. The van der Waals surface area contributed by atoms with Crippen LogP contribution >= 0.6 is 0 Å². The summed E-state index contributed by atoms with van der Waals surface area (Å²) in [5.74, 6) is 0.651. The van der Waals surface area contributed by atoms with Gasteiger partial charge >= 0.3 is 0 Å². The minimum absolute atomic E-state index is 0.240. The largest absolute Gasteiger partial charge is 0.491 e. The van der Waals surface area contributed by atoms with Crippen LogP contribution in [0.25, 0.3) is 17.0 Å². The van der Waals surface area contributed by atoms with Gasteiger partial charge in [0.25, 0.3) is 5.91 Å². The highest BCUT2D eigenvalue weighted by Gasteiger charge is 2.17. The standard InChI is InChI=1S/C19H18N6O3/c1-27-9-10-28-14-4-2-3-13(11-14)22-18(26)17-16-15(5-6-21-16)23-19(24-17)25-8-7-20-12-25/h2-8,11-12,21H,9-10H2,1H3,(H,22,26). The summed E-state index contributed by atoms with van der Waals surface area (Å²) in [5, 5.41) is 2.86. The molecule has 9 heteroatoms. The molecular weight excluding hydrogens is 360 g/mol. The van der Waals surface area contributed by atoms with Gasteiger partial charge in [-0.15, -0.1) is 0 Å². The number of carbonyl (C=O) groups is 1. The Balaban J connectivity index is 1.61. The molecule has 0 saturated carbocycles. The van der Waals surface area contributed by atoms with Crippen molar-refractivity contribution in [3.05, 3.63) is 60.9 Å². The first kappa shape index (κ1) is 17.7. The van der Waals surface area contributed by atoms with Crippen LogP contribution in [0, 0.1) is 0 Å². The average molecular weight is 378 g/mol. The minimum atomic E-state index is -0.356. The number of hydrogen-bond donors (Lipinski definition) is 2. The van der Waals surface area contributed by atoms with Crippen LogP contribution in [0.1, 0.15) is 10.5 Å². The van der Waals surface area contributed by atoms with Gasteiger partial charge in [0, 0.05) is 37.5 Å². The summed E-state index contributed by atoms with van der Waals surface area (Å²) in [6.07, 6.45) is 6.64. The van der Waals surface area contributed by atoms with Crippen LogP contribution in [-0.2, 0) is 4.74 Å². The smallest absolute Gasteiger partial charge is 0.276 e. The summed E-state index contributed by atoms with van der Waals surface area (Å²) in [5.41, 5.74) is 2.04. The number of fused-ring (bicyclic) bond motifs is 1. The summed E-state index contributed by atoms with van der Waals surface area (Å²) < 4.78 is 12.2. The first-order valence-corrected chi connectivity index (χ1v) is 8.61. The molecule has 0 spiro atoms. The van der Waals surface area contributed by atoms with E-state index in [1.807, 2.05) is 6.07 Å². The number of H-pyrrole nitrogens is 1. The number of anilines is 1. The second-order valence-electron chi connectivity index (χ2n) is 5.90. The molecule has 4 rings (SSSR count). The first-order chi connectivity index (χ1) is 13.7. The molecule has 0 saturated heterocycles.